The van der Waals surface area contributed by atoms with E-state index in [1.807, 2.05) is 58.3 Å². The Morgan fingerprint density at radius 2 is 1.22 bits per heavy atom. The number of piperidine rings is 2. The molecule has 4 amide bonds. The van der Waals surface area contributed by atoms with Crippen LogP contribution in [0.25, 0.3) is 28.1 Å². The van der Waals surface area contributed by atoms with Gasteiger partial charge in [0.2, 0.25) is 11.8 Å². The molecule has 3 aliphatic heterocycles. The van der Waals surface area contributed by atoms with Gasteiger partial charge in [-0.15, -0.1) is 0 Å². The number of benzene rings is 2. The lowest BCUT2D eigenvalue weighted by Crippen LogP contribution is -2.57. The topological polar surface area (TPSA) is 170 Å². The van der Waals surface area contributed by atoms with E-state index in [2.05, 4.69) is 40.7 Å². The zero-order valence-electron chi connectivity index (χ0n) is 30.2. The van der Waals surface area contributed by atoms with E-state index in [0.717, 1.165) is 53.6 Å². The van der Waals surface area contributed by atoms with Crippen LogP contribution in [0.4, 0.5) is 9.59 Å². The van der Waals surface area contributed by atoms with Crippen molar-refractivity contribution in [2.75, 3.05) is 14.2 Å². The van der Waals surface area contributed by atoms with Crippen molar-refractivity contribution in [1.29, 1.82) is 0 Å². The van der Waals surface area contributed by atoms with Crippen LogP contribution in [0.15, 0.2) is 53.7 Å². The average Bonchev–Trinajstić information content (AvgIpc) is 3.89. The molecule has 54 heavy (non-hydrogen) atoms. The normalized spacial score (nSPS) is 27.3. The highest BCUT2D eigenvalue weighted by Gasteiger charge is 2.58. The number of aromatic amines is 1. The fourth-order valence-electron chi connectivity index (χ4n) is 8.42. The summed E-state index contributed by atoms with van der Waals surface area (Å²) in [6, 6.07) is 14.5. The summed E-state index contributed by atoms with van der Waals surface area (Å²) in [6.45, 7) is 3.32. The number of hydrogen-bond acceptors (Lipinski definition) is 9. The minimum atomic E-state index is -0.735. The molecule has 4 heterocycles. The quantitative estimate of drug-likeness (QED) is 0.189. The number of likely N-dealkylation sites (tertiary alicyclic amines) is 2. The maximum absolute atomic E-state index is 13.4. The summed E-state index contributed by atoms with van der Waals surface area (Å²) < 4.78 is 9.36. The first-order valence-electron chi connectivity index (χ1n) is 18.2. The van der Waals surface area contributed by atoms with Crippen molar-refractivity contribution >= 4 is 52.9 Å². The summed E-state index contributed by atoms with van der Waals surface area (Å²) in [7, 11) is 2.54. The van der Waals surface area contributed by atoms with Crippen molar-refractivity contribution in [3.8, 4) is 22.4 Å². The smallest absolute Gasteiger partial charge is 0.407 e. The Hall–Kier alpha value is -4.95. The molecule has 5 N–H and O–H groups in total. The second-order valence-electron chi connectivity index (χ2n) is 14.8. The van der Waals surface area contributed by atoms with Crippen LogP contribution in [0, 0.1) is 11.8 Å². The number of methoxy groups -OCH3 is 2. The molecule has 284 valence electrons. The Morgan fingerprint density at radius 1 is 0.722 bits per heavy atom. The first-order valence-corrected chi connectivity index (χ1v) is 18.9. The van der Waals surface area contributed by atoms with Crippen LogP contribution in [0.3, 0.4) is 0 Å². The molecule has 0 radical (unpaired) electrons. The largest absolute Gasteiger partial charge is 0.453 e. The zero-order valence-corrected chi connectivity index (χ0v) is 31.7. The van der Waals surface area contributed by atoms with Crippen molar-refractivity contribution < 1.29 is 28.7 Å². The Balaban J connectivity index is 0.923. The summed E-state index contributed by atoms with van der Waals surface area (Å²) in [5.41, 5.74) is 5.21. The second kappa shape index (κ2) is 14.0. The number of rotatable bonds is 9. The highest BCUT2D eigenvalue weighted by Crippen LogP contribution is 2.54. The second-order valence-corrected chi connectivity index (χ2v) is 15.5. The fourth-order valence-corrected chi connectivity index (χ4v) is 8.95. The van der Waals surface area contributed by atoms with Crippen molar-refractivity contribution in [3.05, 3.63) is 70.2 Å². The maximum Gasteiger partial charge on any atom is 0.407 e. The number of carbonyl (C=O) groups is 4. The predicted octanol–water partition coefficient (Wildman–Crippen LogP) is 4.92. The third kappa shape index (κ3) is 6.59. The van der Waals surface area contributed by atoms with Gasteiger partial charge in [0, 0.05) is 23.2 Å². The molecule has 8 rings (SSSR count). The van der Waals surface area contributed by atoms with Gasteiger partial charge in [-0.3, -0.25) is 9.59 Å². The van der Waals surface area contributed by atoms with Gasteiger partial charge in [0.25, 0.3) is 0 Å². The monoisotopic (exact) mass is 776 g/mol. The lowest BCUT2D eigenvalue weighted by Gasteiger charge is -2.34. The fraction of sp³-hybridized carbons (Fsp3) is 0.447. The van der Waals surface area contributed by atoms with E-state index in [1.165, 1.54) is 14.2 Å². The van der Waals surface area contributed by atoms with Gasteiger partial charge in [0.1, 0.15) is 29.2 Å². The van der Waals surface area contributed by atoms with Gasteiger partial charge in [0.05, 0.1) is 37.7 Å². The minimum absolute atomic E-state index is 0.128. The molecule has 2 aliphatic carbocycles. The summed E-state index contributed by atoms with van der Waals surface area (Å²) in [6.07, 6.45) is 1.97. The van der Waals surface area contributed by atoms with Gasteiger partial charge >= 0.3 is 12.2 Å². The highest BCUT2D eigenvalue weighted by molar-refractivity contribution is 6.32. The molecule has 2 aromatic carbocycles. The number of alkyl carbamates (subject to hydrolysis) is 2. The van der Waals surface area contributed by atoms with Gasteiger partial charge in [-0.25, -0.2) is 14.6 Å². The number of halogens is 2. The number of nitrogens with zero attached hydrogens (tertiary/aromatic N) is 3. The van der Waals surface area contributed by atoms with E-state index < -0.39 is 24.3 Å². The predicted molar refractivity (Wildman–Crippen MR) is 201 cm³/mol. The number of amides is 4. The van der Waals surface area contributed by atoms with Crippen molar-refractivity contribution in [3.63, 3.8) is 0 Å². The van der Waals surface area contributed by atoms with Crippen molar-refractivity contribution in [2.24, 2.45) is 11.8 Å². The van der Waals surface area contributed by atoms with Gasteiger partial charge < -0.3 is 45.5 Å². The van der Waals surface area contributed by atoms with Gasteiger partial charge in [-0.05, 0) is 62.5 Å². The van der Waals surface area contributed by atoms with Crippen LogP contribution in [-0.4, -0.2) is 94.4 Å². The number of ether oxygens (including phenoxy) is 2. The van der Waals surface area contributed by atoms with E-state index in [4.69, 9.17) is 23.2 Å². The summed E-state index contributed by atoms with van der Waals surface area (Å²) in [5, 5.41) is 12.9. The van der Waals surface area contributed by atoms with Crippen molar-refractivity contribution in [2.45, 2.75) is 81.9 Å². The summed E-state index contributed by atoms with van der Waals surface area (Å²) in [5.74, 6) is 1.16. The van der Waals surface area contributed by atoms with Crippen LogP contribution in [0.2, 0.25) is 5.15 Å². The Morgan fingerprint density at radius 3 is 1.81 bits per heavy atom. The molecular formula is C38H42Cl2N8O6. The number of carbonyl (C=O) groups excluding carboxylic acids is 4. The minimum Gasteiger partial charge on any atom is -0.453 e. The Labute approximate surface area is 322 Å². The number of fused-ring (bicyclic) bond motifs is 2. The Kier molecular flexibility index (Phi) is 9.37. The maximum atomic E-state index is 13.4. The lowest BCUT2D eigenvalue weighted by atomic mass is 10.0. The van der Waals surface area contributed by atoms with Gasteiger partial charge in [-0.1, -0.05) is 71.7 Å². The third-order valence-electron chi connectivity index (χ3n) is 11.4. The Bertz CT molecular complexity index is 2020. The summed E-state index contributed by atoms with van der Waals surface area (Å²) >= 11 is 13.4. The SMILES string of the molecule is COC(=O)N[C@@H](C)C(=O)N1[C@@H]2C[C@@H]2C[C@H]1c1nc(Cl)c(-c2ccc(-c3ccc(C4=C(Cl)NC([C@@H]5C[C@H]6C[C@H]6N5C(=O)[C@H](C)NC(=O)OC)N4)cc3)cc2)[nH]1. The molecule has 2 saturated heterocycles. The zero-order chi connectivity index (χ0) is 38.0. The molecule has 2 saturated carbocycles. The highest BCUT2D eigenvalue weighted by atomic mass is 35.5. The van der Waals surface area contributed by atoms with E-state index in [0.29, 0.717) is 33.7 Å². The number of hydrogen-bond donors (Lipinski definition) is 5. The molecule has 9 atom stereocenters. The first-order chi connectivity index (χ1) is 25.9. The number of aromatic nitrogens is 2. The van der Waals surface area contributed by atoms with E-state index in [1.54, 1.807) is 13.8 Å². The molecule has 1 unspecified atom stereocenters. The van der Waals surface area contributed by atoms with Crippen LogP contribution in [0.1, 0.15) is 57.0 Å². The van der Waals surface area contributed by atoms with E-state index >= 15 is 0 Å². The standard InChI is InChI=1S/C38H42Cl2N8O6/c1-17(41-37(51)53-3)35(49)47-25-13-23(25)15-27(47)33-43-29(31(39)45-33)21-9-5-19(6-10-21)20-7-11-22(12-8-20)30-32(40)46-34(44-30)28-16-24-14-26(24)48(28)36(50)18(2)42-38(52)54-4/h5-12,17-18,23-28,33,43,45H,13-16H2,1-4H3,(H,41,51)(H,42,52)(H,44,46)/t17-,18-,23+,24+,25+,26+,27-,28-,33?/m0/s1. The van der Waals surface area contributed by atoms with Gasteiger partial charge in [0.15, 0.2) is 5.15 Å². The molecule has 0 spiro atoms. The molecule has 5 aliphatic rings. The number of H-pyrrole nitrogens is 1. The van der Waals surface area contributed by atoms with Crippen LogP contribution >= 0.6 is 23.2 Å². The molecule has 0 bridgehead atoms. The molecule has 3 aromatic rings. The lowest BCUT2D eigenvalue weighted by molar-refractivity contribution is -0.136. The number of imidazole rings is 1. The molecule has 14 nitrogen and oxygen atoms in total. The molecule has 4 fully saturated rings. The van der Waals surface area contributed by atoms with E-state index in [-0.39, 0.29) is 42.1 Å². The first kappa shape index (κ1) is 36.0. The number of nitrogens with one attached hydrogen (secondary N) is 5. The van der Waals surface area contributed by atoms with Crippen molar-refractivity contribution in [1.82, 2.24) is 41.0 Å². The third-order valence-corrected chi connectivity index (χ3v) is 12.0. The average molecular weight is 778 g/mol. The van der Waals surface area contributed by atoms with Crippen LogP contribution < -0.4 is 21.3 Å². The van der Waals surface area contributed by atoms with Crippen LogP contribution in [-0.2, 0) is 19.1 Å². The molecular weight excluding hydrogens is 735 g/mol. The van der Waals surface area contributed by atoms with Crippen LogP contribution in [0.5, 0.6) is 0 Å². The molecule has 1 aromatic heterocycles. The van der Waals surface area contributed by atoms with Gasteiger partial charge in [-0.2, -0.15) is 0 Å². The molecule has 16 heteroatoms. The summed E-state index contributed by atoms with van der Waals surface area (Å²) in [4.78, 5) is 62.0. The van der Waals surface area contributed by atoms with E-state index in [9.17, 15) is 19.2 Å².